The van der Waals surface area contributed by atoms with Crippen molar-refractivity contribution >= 4 is 11.6 Å². The Morgan fingerprint density at radius 1 is 1.30 bits per heavy atom. The number of likely N-dealkylation sites (tertiary alicyclic amines) is 1. The maximum atomic E-state index is 6.07. The Morgan fingerprint density at radius 2 is 2.10 bits per heavy atom. The summed E-state index contributed by atoms with van der Waals surface area (Å²) in [6.07, 6.45) is 3.64. The zero-order valence-electron chi connectivity index (χ0n) is 12.5. The van der Waals surface area contributed by atoms with Gasteiger partial charge in [-0.25, -0.2) is 0 Å². The second kappa shape index (κ2) is 6.05. The zero-order chi connectivity index (χ0) is 14.1. The molecular formula is C17H25ClN2. The Balaban J connectivity index is 1.47. The van der Waals surface area contributed by atoms with Crippen LogP contribution in [0.2, 0.25) is 5.02 Å². The highest BCUT2D eigenvalue weighted by atomic mass is 35.5. The normalized spacial score (nSPS) is 26.4. The predicted molar refractivity (Wildman–Crippen MR) is 85.5 cm³/mol. The van der Waals surface area contributed by atoms with E-state index in [2.05, 4.69) is 36.2 Å². The third-order valence-electron chi connectivity index (χ3n) is 4.84. The van der Waals surface area contributed by atoms with E-state index in [1.807, 2.05) is 6.07 Å². The lowest BCUT2D eigenvalue weighted by atomic mass is 10.1. The molecule has 0 amide bonds. The number of nitrogens with one attached hydrogen (secondary N) is 1. The highest BCUT2D eigenvalue weighted by molar-refractivity contribution is 6.30. The number of fused-ring (bicyclic) bond motifs is 1. The molecule has 2 atom stereocenters. The van der Waals surface area contributed by atoms with Gasteiger partial charge in [0, 0.05) is 23.7 Å². The number of hydrogen-bond acceptors (Lipinski definition) is 2. The Hall–Kier alpha value is -0.570. The van der Waals surface area contributed by atoms with E-state index in [1.165, 1.54) is 30.6 Å². The fraction of sp³-hybridized carbons (Fsp3) is 0.647. The third kappa shape index (κ3) is 3.19. The molecule has 0 radical (unpaired) electrons. The summed E-state index contributed by atoms with van der Waals surface area (Å²) in [4.78, 5) is 2.59. The van der Waals surface area contributed by atoms with Gasteiger partial charge in [0.05, 0.1) is 0 Å². The minimum absolute atomic E-state index is 0.608. The first kappa shape index (κ1) is 14.4. The fourth-order valence-corrected chi connectivity index (χ4v) is 3.76. The predicted octanol–water partition coefficient (Wildman–Crippen LogP) is 3.13. The molecule has 1 heterocycles. The van der Waals surface area contributed by atoms with Gasteiger partial charge in [-0.2, -0.15) is 0 Å². The van der Waals surface area contributed by atoms with Crippen LogP contribution >= 0.6 is 11.6 Å². The van der Waals surface area contributed by atoms with Crippen LogP contribution in [0.5, 0.6) is 0 Å². The molecule has 0 spiro atoms. The molecule has 1 aliphatic heterocycles. The van der Waals surface area contributed by atoms with Crippen molar-refractivity contribution in [1.82, 2.24) is 10.2 Å². The highest BCUT2D eigenvalue weighted by Gasteiger charge is 2.26. The maximum absolute atomic E-state index is 6.07. The van der Waals surface area contributed by atoms with Crippen molar-refractivity contribution in [3.05, 3.63) is 34.3 Å². The summed E-state index contributed by atoms with van der Waals surface area (Å²) in [5.74, 6) is 0.824. The van der Waals surface area contributed by atoms with Gasteiger partial charge in [-0.3, -0.25) is 0 Å². The summed E-state index contributed by atoms with van der Waals surface area (Å²) in [6, 6.07) is 7.64. The van der Waals surface area contributed by atoms with Crippen LogP contribution in [0.15, 0.2) is 18.2 Å². The molecule has 3 heteroatoms. The van der Waals surface area contributed by atoms with Gasteiger partial charge in [0.1, 0.15) is 0 Å². The van der Waals surface area contributed by atoms with E-state index in [0.717, 1.165) is 30.3 Å². The monoisotopic (exact) mass is 292 g/mol. The molecule has 20 heavy (non-hydrogen) atoms. The van der Waals surface area contributed by atoms with Crippen LogP contribution in [0.25, 0.3) is 0 Å². The van der Waals surface area contributed by atoms with Crippen molar-refractivity contribution < 1.29 is 0 Å². The molecule has 1 N–H and O–H groups in total. The van der Waals surface area contributed by atoms with Crippen molar-refractivity contribution in [3.63, 3.8) is 0 Å². The smallest absolute Gasteiger partial charge is 0.0408 e. The van der Waals surface area contributed by atoms with Crippen molar-refractivity contribution in [2.24, 2.45) is 5.92 Å². The molecule has 0 aromatic heterocycles. The summed E-state index contributed by atoms with van der Waals surface area (Å²) in [5.41, 5.74) is 2.91. The molecule has 2 unspecified atom stereocenters. The lowest BCUT2D eigenvalue weighted by molar-refractivity contribution is 0.262. The van der Waals surface area contributed by atoms with Gasteiger partial charge in [-0.1, -0.05) is 17.7 Å². The number of hydrogen-bond donors (Lipinski definition) is 1. The van der Waals surface area contributed by atoms with E-state index in [-0.39, 0.29) is 0 Å². The molecule has 1 aliphatic carbocycles. The average molecular weight is 293 g/mol. The van der Waals surface area contributed by atoms with Gasteiger partial charge in [-0.05, 0) is 75.4 Å². The lowest BCUT2D eigenvalue weighted by Gasteiger charge is -2.21. The zero-order valence-corrected chi connectivity index (χ0v) is 13.3. The third-order valence-corrected chi connectivity index (χ3v) is 5.08. The lowest BCUT2D eigenvalue weighted by Crippen LogP contribution is -2.35. The first-order valence-electron chi connectivity index (χ1n) is 7.86. The minimum Gasteiger partial charge on any atom is -0.313 e. The number of benzene rings is 1. The van der Waals surface area contributed by atoms with Gasteiger partial charge < -0.3 is 10.2 Å². The Labute approximate surface area is 127 Å². The molecule has 0 bridgehead atoms. The quantitative estimate of drug-likeness (QED) is 0.917. The largest absolute Gasteiger partial charge is 0.313 e. The Morgan fingerprint density at radius 3 is 2.85 bits per heavy atom. The van der Waals surface area contributed by atoms with Crippen LogP contribution < -0.4 is 5.32 Å². The molecule has 110 valence electrons. The van der Waals surface area contributed by atoms with E-state index < -0.39 is 0 Å². The molecule has 1 fully saturated rings. The van der Waals surface area contributed by atoms with E-state index in [0.29, 0.717) is 12.1 Å². The van der Waals surface area contributed by atoms with Crippen molar-refractivity contribution in [2.75, 3.05) is 19.6 Å². The number of nitrogens with zero attached hydrogens (tertiary/aromatic N) is 1. The maximum Gasteiger partial charge on any atom is 0.0408 e. The first-order valence-corrected chi connectivity index (χ1v) is 8.24. The van der Waals surface area contributed by atoms with Gasteiger partial charge in [0.15, 0.2) is 0 Å². The highest BCUT2D eigenvalue weighted by Crippen LogP contribution is 2.26. The molecule has 2 nitrogen and oxygen atoms in total. The molecule has 2 aliphatic rings. The van der Waals surface area contributed by atoms with Crippen LogP contribution in [0.3, 0.4) is 0 Å². The van der Waals surface area contributed by atoms with Gasteiger partial charge in [0.25, 0.3) is 0 Å². The second-order valence-corrected chi connectivity index (χ2v) is 7.11. The molecule has 1 saturated heterocycles. The molecule has 3 rings (SSSR count). The van der Waals surface area contributed by atoms with E-state index >= 15 is 0 Å². The standard InChI is InChI=1S/C17H25ClN2/c1-12(2)20-6-5-13(11-20)10-19-17-8-14-3-4-16(18)7-15(14)9-17/h3-4,7,12-13,17,19H,5-6,8-11H2,1-2H3. The van der Waals surface area contributed by atoms with Gasteiger partial charge in [0.2, 0.25) is 0 Å². The number of halogens is 1. The van der Waals surface area contributed by atoms with Crippen molar-refractivity contribution in [1.29, 1.82) is 0 Å². The Kier molecular flexibility index (Phi) is 4.34. The van der Waals surface area contributed by atoms with Gasteiger partial charge in [-0.15, -0.1) is 0 Å². The molecular weight excluding hydrogens is 268 g/mol. The summed E-state index contributed by atoms with van der Waals surface area (Å²) in [5, 5.41) is 4.65. The van der Waals surface area contributed by atoms with Crippen LogP contribution in [0.4, 0.5) is 0 Å². The summed E-state index contributed by atoms with van der Waals surface area (Å²) in [7, 11) is 0. The van der Waals surface area contributed by atoms with E-state index in [1.54, 1.807) is 0 Å². The van der Waals surface area contributed by atoms with Crippen molar-refractivity contribution in [3.8, 4) is 0 Å². The van der Waals surface area contributed by atoms with Crippen LogP contribution in [-0.2, 0) is 12.8 Å². The number of rotatable bonds is 4. The van der Waals surface area contributed by atoms with Crippen LogP contribution in [0, 0.1) is 5.92 Å². The van der Waals surface area contributed by atoms with Crippen LogP contribution in [-0.4, -0.2) is 36.6 Å². The van der Waals surface area contributed by atoms with Crippen LogP contribution in [0.1, 0.15) is 31.4 Å². The summed E-state index contributed by atoms with van der Waals surface area (Å²) >= 11 is 6.07. The molecule has 0 saturated carbocycles. The van der Waals surface area contributed by atoms with E-state index in [4.69, 9.17) is 11.6 Å². The summed E-state index contributed by atoms with van der Waals surface area (Å²) in [6.45, 7) is 8.29. The summed E-state index contributed by atoms with van der Waals surface area (Å²) < 4.78 is 0. The Bertz CT molecular complexity index is 472. The molecule has 1 aromatic carbocycles. The fourth-order valence-electron chi connectivity index (χ4n) is 3.56. The van der Waals surface area contributed by atoms with Gasteiger partial charge >= 0.3 is 0 Å². The second-order valence-electron chi connectivity index (χ2n) is 6.67. The molecule has 1 aromatic rings. The van der Waals surface area contributed by atoms with Crippen molar-refractivity contribution in [2.45, 2.75) is 45.2 Å². The topological polar surface area (TPSA) is 15.3 Å². The van der Waals surface area contributed by atoms with E-state index in [9.17, 15) is 0 Å². The SMILES string of the molecule is CC(C)N1CCC(CNC2Cc3ccc(Cl)cc3C2)C1. The average Bonchev–Trinajstić information content (AvgIpc) is 3.01. The minimum atomic E-state index is 0.608. The first-order chi connectivity index (χ1) is 9.61.